The normalized spacial score (nSPS) is 18.4. The minimum atomic E-state index is -0.639. The van der Waals surface area contributed by atoms with Crippen molar-refractivity contribution in [3.05, 3.63) is 28.2 Å². The van der Waals surface area contributed by atoms with Crippen LogP contribution in [0.2, 0.25) is 0 Å². The zero-order valence-corrected chi connectivity index (χ0v) is 12.9. The van der Waals surface area contributed by atoms with Crippen molar-refractivity contribution >= 4 is 27.5 Å². The lowest BCUT2D eigenvalue weighted by Crippen LogP contribution is -2.62. The number of nitrogens with zero attached hydrogens (tertiary/aromatic N) is 3. The highest BCUT2D eigenvalue weighted by Gasteiger charge is 2.41. The summed E-state index contributed by atoms with van der Waals surface area (Å²) >= 11 is 3.39. The molecule has 0 aliphatic carbocycles. The van der Waals surface area contributed by atoms with Crippen LogP contribution in [0.15, 0.2) is 22.7 Å². The largest absolute Gasteiger partial charge is 0.355 e. The molecule has 0 bridgehead atoms. The summed E-state index contributed by atoms with van der Waals surface area (Å²) in [6, 6.07) is 7.83. The third-order valence-corrected chi connectivity index (χ3v) is 4.26. The summed E-state index contributed by atoms with van der Waals surface area (Å²) in [5.74, 6) is 0.0719. The van der Waals surface area contributed by atoms with Gasteiger partial charge in [0, 0.05) is 24.6 Å². The monoisotopic (exact) mass is 321 g/mol. The van der Waals surface area contributed by atoms with Crippen molar-refractivity contribution in [3.63, 3.8) is 0 Å². The maximum atomic E-state index is 12.3. The van der Waals surface area contributed by atoms with Crippen molar-refractivity contribution in [2.75, 3.05) is 25.0 Å². The zero-order valence-electron chi connectivity index (χ0n) is 11.3. The van der Waals surface area contributed by atoms with Gasteiger partial charge < -0.3 is 9.80 Å². The highest BCUT2D eigenvalue weighted by molar-refractivity contribution is 9.10. The fourth-order valence-corrected chi connectivity index (χ4v) is 2.93. The molecule has 1 fully saturated rings. The van der Waals surface area contributed by atoms with E-state index in [0.29, 0.717) is 12.1 Å². The van der Waals surface area contributed by atoms with E-state index in [1.165, 1.54) is 0 Å². The predicted octanol–water partition coefficient (Wildman–Crippen LogP) is 2.38. The molecule has 1 aromatic carbocycles. The quantitative estimate of drug-likeness (QED) is 0.797. The van der Waals surface area contributed by atoms with Crippen LogP contribution in [-0.2, 0) is 4.79 Å². The summed E-state index contributed by atoms with van der Waals surface area (Å²) in [7, 11) is 1.81. The summed E-state index contributed by atoms with van der Waals surface area (Å²) in [6.45, 7) is 5.18. The maximum Gasteiger partial charge on any atom is 0.247 e. The number of benzene rings is 1. The number of rotatable bonds is 1. The smallest absolute Gasteiger partial charge is 0.247 e. The second-order valence-corrected chi connectivity index (χ2v) is 6.04. The van der Waals surface area contributed by atoms with Gasteiger partial charge in [-0.3, -0.25) is 4.79 Å². The summed E-state index contributed by atoms with van der Waals surface area (Å²) in [5.41, 5.74) is 0.746. The number of hydrogen-bond donors (Lipinski definition) is 0. The van der Waals surface area contributed by atoms with Crippen molar-refractivity contribution in [1.29, 1.82) is 5.26 Å². The number of carbonyl (C=O) groups excluding carboxylic acids is 1. The molecular weight excluding hydrogens is 306 g/mol. The first-order valence-electron chi connectivity index (χ1n) is 6.11. The average Bonchev–Trinajstić information content (AvgIpc) is 2.36. The Balaban J connectivity index is 2.51. The van der Waals surface area contributed by atoms with Gasteiger partial charge in [-0.2, -0.15) is 5.26 Å². The van der Waals surface area contributed by atoms with Gasteiger partial charge in [0.25, 0.3) is 0 Å². The van der Waals surface area contributed by atoms with Gasteiger partial charge in [-0.1, -0.05) is 6.07 Å². The third kappa shape index (κ3) is 2.21. The van der Waals surface area contributed by atoms with Crippen molar-refractivity contribution in [2.45, 2.75) is 19.4 Å². The van der Waals surface area contributed by atoms with Crippen LogP contribution in [0.5, 0.6) is 0 Å². The Morgan fingerprint density at radius 1 is 1.37 bits per heavy atom. The minimum absolute atomic E-state index is 0.0719. The molecule has 0 saturated carbocycles. The number of nitriles is 1. The van der Waals surface area contributed by atoms with E-state index in [2.05, 4.69) is 22.0 Å². The van der Waals surface area contributed by atoms with Gasteiger partial charge in [-0.05, 0) is 41.9 Å². The van der Waals surface area contributed by atoms with Crippen LogP contribution >= 0.6 is 15.9 Å². The van der Waals surface area contributed by atoms with Gasteiger partial charge in [-0.15, -0.1) is 0 Å². The third-order valence-electron chi connectivity index (χ3n) is 3.60. The first kappa shape index (κ1) is 13.9. The molecule has 19 heavy (non-hydrogen) atoms. The number of piperazine rings is 1. The summed E-state index contributed by atoms with van der Waals surface area (Å²) in [5, 5.41) is 9.32. The molecule has 1 saturated heterocycles. The first-order chi connectivity index (χ1) is 8.89. The molecule has 0 radical (unpaired) electrons. The lowest BCUT2D eigenvalue weighted by molar-refractivity contribution is -0.136. The number of amides is 1. The molecule has 1 aromatic rings. The molecule has 0 spiro atoms. The van der Waals surface area contributed by atoms with Crippen molar-refractivity contribution in [1.82, 2.24) is 4.90 Å². The van der Waals surface area contributed by atoms with Crippen LogP contribution in [0.25, 0.3) is 0 Å². The van der Waals surface area contributed by atoms with Gasteiger partial charge in [-0.25, -0.2) is 0 Å². The van der Waals surface area contributed by atoms with E-state index in [1.54, 1.807) is 4.90 Å². The van der Waals surface area contributed by atoms with Crippen LogP contribution in [0.1, 0.15) is 19.4 Å². The van der Waals surface area contributed by atoms with Gasteiger partial charge in [0.15, 0.2) is 0 Å². The molecule has 5 heteroatoms. The molecule has 0 aromatic heterocycles. The minimum Gasteiger partial charge on any atom is -0.355 e. The van der Waals surface area contributed by atoms with E-state index in [9.17, 15) is 10.1 Å². The molecule has 1 heterocycles. The Labute approximate surface area is 121 Å². The SMILES string of the molecule is CN1CCN(c2cccc(Br)c2C#N)C(C)(C)C1=O. The van der Waals surface area contributed by atoms with Crippen LogP contribution in [0.4, 0.5) is 5.69 Å². The molecule has 100 valence electrons. The summed E-state index contributed by atoms with van der Waals surface area (Å²) in [4.78, 5) is 16.1. The second-order valence-electron chi connectivity index (χ2n) is 5.18. The average molecular weight is 322 g/mol. The molecule has 1 aliphatic heterocycles. The van der Waals surface area contributed by atoms with E-state index >= 15 is 0 Å². The zero-order chi connectivity index (χ0) is 14.2. The van der Waals surface area contributed by atoms with E-state index in [0.717, 1.165) is 16.7 Å². The van der Waals surface area contributed by atoms with E-state index in [-0.39, 0.29) is 5.91 Å². The first-order valence-corrected chi connectivity index (χ1v) is 6.90. The Hall–Kier alpha value is -1.54. The van der Waals surface area contributed by atoms with Crippen molar-refractivity contribution in [2.24, 2.45) is 0 Å². The van der Waals surface area contributed by atoms with Gasteiger partial charge >= 0.3 is 0 Å². The number of hydrogen-bond acceptors (Lipinski definition) is 3. The Bertz CT molecular complexity index is 562. The van der Waals surface area contributed by atoms with Crippen LogP contribution < -0.4 is 4.90 Å². The molecule has 1 aliphatic rings. The Morgan fingerprint density at radius 3 is 2.68 bits per heavy atom. The van der Waals surface area contributed by atoms with Crippen molar-refractivity contribution < 1.29 is 4.79 Å². The number of carbonyl (C=O) groups is 1. The van der Waals surface area contributed by atoms with Crippen LogP contribution in [0.3, 0.4) is 0 Å². The molecule has 2 rings (SSSR count). The fourth-order valence-electron chi connectivity index (χ4n) is 2.48. The highest BCUT2D eigenvalue weighted by Crippen LogP contribution is 2.33. The second kappa shape index (κ2) is 4.86. The molecule has 0 atom stereocenters. The number of anilines is 1. The molecule has 0 unspecified atom stereocenters. The van der Waals surface area contributed by atoms with Gasteiger partial charge in [0.05, 0.1) is 11.3 Å². The van der Waals surface area contributed by atoms with E-state index in [1.807, 2.05) is 44.0 Å². The molecule has 1 amide bonds. The lowest BCUT2D eigenvalue weighted by Gasteiger charge is -2.46. The highest BCUT2D eigenvalue weighted by atomic mass is 79.9. The molecular formula is C14H16BrN3O. The van der Waals surface area contributed by atoms with E-state index < -0.39 is 5.54 Å². The number of halogens is 1. The van der Waals surface area contributed by atoms with Gasteiger partial charge in [0.1, 0.15) is 11.6 Å². The molecule has 4 nitrogen and oxygen atoms in total. The standard InChI is InChI=1S/C14H16BrN3O/c1-14(2)13(19)17(3)7-8-18(14)12-6-4-5-11(15)10(12)9-16/h4-6H,7-8H2,1-3H3. The van der Waals surface area contributed by atoms with Gasteiger partial charge in [0.2, 0.25) is 5.91 Å². The Morgan fingerprint density at radius 2 is 2.05 bits per heavy atom. The lowest BCUT2D eigenvalue weighted by atomic mass is 9.96. The van der Waals surface area contributed by atoms with Crippen molar-refractivity contribution in [3.8, 4) is 6.07 Å². The summed E-state index contributed by atoms with van der Waals surface area (Å²) < 4.78 is 0.759. The fraction of sp³-hybridized carbons (Fsp3) is 0.429. The number of likely N-dealkylation sites (N-methyl/N-ethyl adjacent to an activating group) is 1. The Kier molecular flexibility index (Phi) is 3.55. The summed E-state index contributed by atoms with van der Waals surface area (Å²) in [6.07, 6.45) is 0. The molecule has 0 N–H and O–H groups in total. The maximum absolute atomic E-state index is 12.3. The van der Waals surface area contributed by atoms with Crippen LogP contribution in [-0.4, -0.2) is 36.5 Å². The predicted molar refractivity (Wildman–Crippen MR) is 77.9 cm³/mol. The van der Waals surface area contributed by atoms with E-state index in [4.69, 9.17) is 0 Å². The van der Waals surface area contributed by atoms with Crippen LogP contribution in [0, 0.1) is 11.3 Å². The topological polar surface area (TPSA) is 47.3 Å².